The van der Waals surface area contributed by atoms with Gasteiger partial charge < -0.3 is 4.42 Å². The fourth-order valence-corrected chi connectivity index (χ4v) is 5.34. The molecule has 0 N–H and O–H groups in total. The third kappa shape index (κ3) is 4.12. The van der Waals surface area contributed by atoms with Crippen LogP contribution in [0.3, 0.4) is 0 Å². The molecule has 8 aromatic rings. The Morgan fingerprint density at radius 2 is 1.17 bits per heavy atom. The molecule has 0 saturated heterocycles. The lowest BCUT2D eigenvalue weighted by Gasteiger charge is -2.09. The molecule has 0 saturated carbocycles. The molecule has 0 aliphatic heterocycles. The number of pyridine rings is 1. The summed E-state index contributed by atoms with van der Waals surface area (Å²) in [6.45, 7) is 0. The van der Waals surface area contributed by atoms with Crippen LogP contribution in [0.25, 0.3) is 78.3 Å². The summed E-state index contributed by atoms with van der Waals surface area (Å²) in [4.78, 5) is 19.7. The molecule has 0 spiro atoms. The van der Waals surface area contributed by atoms with Crippen molar-refractivity contribution in [3.8, 4) is 45.4 Å². The van der Waals surface area contributed by atoms with E-state index in [2.05, 4.69) is 36.4 Å². The van der Waals surface area contributed by atoms with Crippen LogP contribution in [0.5, 0.6) is 0 Å². The summed E-state index contributed by atoms with van der Waals surface area (Å²) in [5.74, 6) is 1.69. The van der Waals surface area contributed by atoms with Crippen molar-refractivity contribution in [2.75, 3.05) is 0 Å². The lowest BCUT2D eigenvalue weighted by Crippen LogP contribution is -2.01. The summed E-state index contributed by atoms with van der Waals surface area (Å²) in [6, 6.07) is 44.8. The van der Waals surface area contributed by atoms with Crippen molar-refractivity contribution >= 4 is 32.8 Å². The van der Waals surface area contributed by atoms with Crippen LogP contribution < -0.4 is 0 Å². The van der Waals surface area contributed by atoms with Crippen molar-refractivity contribution in [3.05, 3.63) is 133 Å². The quantitative estimate of drug-likeness (QED) is 0.229. The van der Waals surface area contributed by atoms with E-state index in [-0.39, 0.29) is 0 Å². The first-order valence-corrected chi connectivity index (χ1v) is 13.5. The molecule has 41 heavy (non-hydrogen) atoms. The molecule has 5 nitrogen and oxygen atoms in total. The second kappa shape index (κ2) is 9.50. The summed E-state index contributed by atoms with van der Waals surface area (Å²) >= 11 is 0. The molecule has 3 heterocycles. The zero-order valence-corrected chi connectivity index (χ0v) is 21.9. The predicted octanol–water partition coefficient (Wildman–Crippen LogP) is 8.99. The second-order valence-corrected chi connectivity index (χ2v) is 9.92. The van der Waals surface area contributed by atoms with Crippen LogP contribution >= 0.6 is 0 Å². The first-order chi connectivity index (χ1) is 20.3. The highest BCUT2D eigenvalue weighted by Gasteiger charge is 2.18. The van der Waals surface area contributed by atoms with Gasteiger partial charge in [-0.2, -0.15) is 0 Å². The van der Waals surface area contributed by atoms with E-state index in [1.807, 2.05) is 97.1 Å². The van der Waals surface area contributed by atoms with Gasteiger partial charge in [-0.3, -0.25) is 0 Å². The molecule has 5 aromatic carbocycles. The minimum atomic E-state index is 0.524. The Balaban J connectivity index is 1.35. The van der Waals surface area contributed by atoms with Crippen LogP contribution in [-0.2, 0) is 0 Å². The first kappa shape index (κ1) is 23.2. The fraction of sp³-hybridized carbons (Fsp3) is 0. The summed E-state index contributed by atoms with van der Waals surface area (Å²) in [7, 11) is 0. The Bertz CT molecular complexity index is 2210. The van der Waals surface area contributed by atoms with Crippen LogP contribution in [0, 0.1) is 0 Å². The molecule has 192 valence electrons. The Kier molecular flexibility index (Phi) is 5.38. The van der Waals surface area contributed by atoms with Crippen LogP contribution in [0.4, 0.5) is 0 Å². The molecule has 0 amide bonds. The zero-order chi connectivity index (χ0) is 27.2. The molecule has 8 rings (SSSR count). The van der Waals surface area contributed by atoms with Gasteiger partial charge >= 0.3 is 0 Å². The summed E-state index contributed by atoms with van der Waals surface area (Å²) in [5, 5.41) is 3.06. The van der Waals surface area contributed by atoms with Crippen LogP contribution in [0.2, 0.25) is 0 Å². The largest absolute Gasteiger partial charge is 0.456 e. The van der Waals surface area contributed by atoms with Crippen LogP contribution in [0.15, 0.2) is 138 Å². The van der Waals surface area contributed by atoms with Crippen molar-refractivity contribution < 1.29 is 4.42 Å². The first-order valence-electron chi connectivity index (χ1n) is 13.5. The van der Waals surface area contributed by atoms with E-state index in [9.17, 15) is 0 Å². The third-order valence-corrected chi connectivity index (χ3v) is 7.34. The van der Waals surface area contributed by atoms with Crippen molar-refractivity contribution in [3.63, 3.8) is 0 Å². The summed E-state index contributed by atoms with van der Waals surface area (Å²) in [5.41, 5.74) is 7.25. The Hall–Kier alpha value is -5.68. The number of hydrogen-bond acceptors (Lipinski definition) is 5. The molecule has 0 unspecified atom stereocenters. The van der Waals surface area contributed by atoms with Crippen LogP contribution in [0.1, 0.15) is 0 Å². The number of nitrogens with zero attached hydrogens (tertiary/aromatic N) is 4. The van der Waals surface area contributed by atoms with Gasteiger partial charge in [0.25, 0.3) is 0 Å². The topological polar surface area (TPSA) is 64.7 Å². The number of rotatable bonds is 4. The number of fused-ring (bicyclic) bond motifs is 4. The number of hydrogen-bond donors (Lipinski definition) is 0. The van der Waals surface area contributed by atoms with Gasteiger partial charge in [0.1, 0.15) is 16.9 Å². The third-order valence-electron chi connectivity index (χ3n) is 7.34. The summed E-state index contributed by atoms with van der Waals surface area (Å²) in [6.07, 6.45) is 0. The molecule has 3 aromatic heterocycles. The molecule has 0 bridgehead atoms. The van der Waals surface area contributed by atoms with E-state index < -0.39 is 0 Å². The van der Waals surface area contributed by atoms with Gasteiger partial charge in [-0.05, 0) is 41.5 Å². The average molecular weight is 527 g/mol. The second-order valence-electron chi connectivity index (χ2n) is 9.92. The average Bonchev–Trinajstić information content (AvgIpc) is 3.43. The summed E-state index contributed by atoms with van der Waals surface area (Å²) < 4.78 is 6.37. The van der Waals surface area contributed by atoms with Gasteiger partial charge in [0.05, 0.1) is 5.52 Å². The molecule has 0 aliphatic rings. The van der Waals surface area contributed by atoms with Crippen molar-refractivity contribution in [1.29, 1.82) is 0 Å². The van der Waals surface area contributed by atoms with Gasteiger partial charge in [-0.15, -0.1) is 0 Å². The van der Waals surface area contributed by atoms with Gasteiger partial charge in [-0.1, -0.05) is 103 Å². The van der Waals surface area contributed by atoms with Crippen molar-refractivity contribution in [1.82, 2.24) is 19.9 Å². The molecular weight excluding hydrogens is 504 g/mol. The van der Waals surface area contributed by atoms with E-state index in [1.54, 1.807) is 0 Å². The number of benzene rings is 5. The fourth-order valence-electron chi connectivity index (χ4n) is 5.34. The van der Waals surface area contributed by atoms with Gasteiger partial charge in [0, 0.05) is 27.3 Å². The molecule has 0 aliphatic carbocycles. The maximum Gasteiger partial charge on any atom is 0.182 e. The standard InChI is InChI=1S/C36H22N4O/c1-3-10-23(11-4-1)26-18-20-27-32(22-26)41-31-17-9-15-28(33(27)31)35-38-34(25-13-5-2-6-14-25)39-36(40-35)30-21-19-24-12-7-8-16-29(24)37-30/h1-22H. The minimum Gasteiger partial charge on any atom is -0.456 e. The molecule has 0 radical (unpaired) electrons. The number of furan rings is 1. The van der Waals surface area contributed by atoms with E-state index >= 15 is 0 Å². The normalized spacial score (nSPS) is 11.4. The Morgan fingerprint density at radius 1 is 0.439 bits per heavy atom. The molecular formula is C36H22N4O. The lowest BCUT2D eigenvalue weighted by molar-refractivity contribution is 0.669. The van der Waals surface area contributed by atoms with E-state index in [1.165, 1.54) is 0 Å². The highest BCUT2D eigenvalue weighted by atomic mass is 16.3. The van der Waals surface area contributed by atoms with Gasteiger partial charge in [0.15, 0.2) is 17.5 Å². The maximum absolute atomic E-state index is 6.37. The molecule has 0 atom stereocenters. The SMILES string of the molecule is c1ccc(-c2ccc3c(c2)oc2cccc(-c4nc(-c5ccccc5)nc(-c5ccc6ccccc6n5)n4)c23)cc1. The van der Waals surface area contributed by atoms with Crippen molar-refractivity contribution in [2.45, 2.75) is 0 Å². The Labute approximate surface area is 235 Å². The zero-order valence-electron chi connectivity index (χ0n) is 21.9. The highest BCUT2D eigenvalue weighted by Crippen LogP contribution is 2.38. The van der Waals surface area contributed by atoms with E-state index in [0.717, 1.165) is 55.1 Å². The lowest BCUT2D eigenvalue weighted by atomic mass is 10.0. The Morgan fingerprint density at radius 3 is 2.02 bits per heavy atom. The van der Waals surface area contributed by atoms with E-state index in [0.29, 0.717) is 23.2 Å². The maximum atomic E-state index is 6.37. The minimum absolute atomic E-state index is 0.524. The van der Waals surface area contributed by atoms with E-state index in [4.69, 9.17) is 24.4 Å². The van der Waals surface area contributed by atoms with Gasteiger partial charge in [0.2, 0.25) is 0 Å². The smallest absolute Gasteiger partial charge is 0.182 e. The predicted molar refractivity (Wildman–Crippen MR) is 164 cm³/mol. The van der Waals surface area contributed by atoms with Crippen molar-refractivity contribution in [2.24, 2.45) is 0 Å². The molecule has 0 fully saturated rings. The molecule has 5 heteroatoms. The highest BCUT2D eigenvalue weighted by molar-refractivity contribution is 6.12. The van der Waals surface area contributed by atoms with Crippen LogP contribution in [-0.4, -0.2) is 19.9 Å². The number of aromatic nitrogens is 4. The number of para-hydroxylation sites is 1. The monoisotopic (exact) mass is 526 g/mol. The van der Waals surface area contributed by atoms with Gasteiger partial charge in [-0.25, -0.2) is 19.9 Å².